The molecule has 0 aliphatic rings. The summed E-state index contributed by atoms with van der Waals surface area (Å²) in [4.78, 5) is 24.1. The molecule has 0 bridgehead atoms. The summed E-state index contributed by atoms with van der Waals surface area (Å²) in [5.41, 5.74) is 7.21. The number of hydrazone groups is 1. The molecular formula is C26H24N4O3. The van der Waals surface area contributed by atoms with Gasteiger partial charge in [0, 0.05) is 11.3 Å². The molecule has 3 rings (SSSR count). The normalized spacial score (nSPS) is 10.5. The Hall–Kier alpha value is -4.44. The van der Waals surface area contributed by atoms with Crippen molar-refractivity contribution < 1.29 is 14.3 Å². The van der Waals surface area contributed by atoms with Gasteiger partial charge in [0.25, 0.3) is 0 Å². The van der Waals surface area contributed by atoms with Crippen LogP contribution in [0.1, 0.15) is 34.2 Å². The second-order valence-electron chi connectivity index (χ2n) is 7.46. The van der Waals surface area contributed by atoms with Gasteiger partial charge in [-0.05, 0) is 61.4 Å². The number of nitrogens with one attached hydrogen (secondary N) is 2. The summed E-state index contributed by atoms with van der Waals surface area (Å²) in [6.45, 7) is 4.16. The molecule has 0 aliphatic carbocycles. The van der Waals surface area contributed by atoms with E-state index in [9.17, 15) is 9.59 Å². The molecule has 7 heteroatoms. The van der Waals surface area contributed by atoms with Crippen molar-refractivity contribution >= 4 is 23.7 Å². The standard InChI is InChI=1S/C26H24N4O3/c1-18-7-12-24(19(2)13-18)29-25(31)14-26(32)30-28-16-20-8-10-23(11-9-20)33-17-22-6-4-3-5-21(22)15-27/h3-13,16H,14,17H2,1-2H3,(H,29,31)(H,30,32). The lowest BCUT2D eigenvalue weighted by Crippen LogP contribution is -2.24. The molecular weight excluding hydrogens is 416 g/mol. The summed E-state index contributed by atoms with van der Waals surface area (Å²) in [5.74, 6) is -0.272. The van der Waals surface area contributed by atoms with E-state index >= 15 is 0 Å². The summed E-state index contributed by atoms with van der Waals surface area (Å²) in [6.07, 6.45) is 1.15. The molecule has 0 fully saturated rings. The number of rotatable bonds is 8. The van der Waals surface area contributed by atoms with Crippen molar-refractivity contribution in [3.8, 4) is 11.8 Å². The van der Waals surface area contributed by atoms with E-state index in [1.165, 1.54) is 6.21 Å². The third-order valence-corrected chi connectivity index (χ3v) is 4.79. The second-order valence-corrected chi connectivity index (χ2v) is 7.46. The summed E-state index contributed by atoms with van der Waals surface area (Å²) >= 11 is 0. The van der Waals surface area contributed by atoms with Gasteiger partial charge in [0.1, 0.15) is 18.8 Å². The van der Waals surface area contributed by atoms with E-state index in [1.54, 1.807) is 30.3 Å². The van der Waals surface area contributed by atoms with Gasteiger partial charge in [-0.2, -0.15) is 10.4 Å². The van der Waals surface area contributed by atoms with Crippen LogP contribution in [0.5, 0.6) is 5.75 Å². The zero-order chi connectivity index (χ0) is 23.6. The Morgan fingerprint density at radius 3 is 2.52 bits per heavy atom. The molecule has 2 amide bonds. The molecule has 3 aromatic carbocycles. The Kier molecular flexibility index (Phi) is 7.92. The van der Waals surface area contributed by atoms with Crippen molar-refractivity contribution in [3.63, 3.8) is 0 Å². The quantitative estimate of drug-likeness (QED) is 0.311. The molecule has 2 N–H and O–H groups in total. The maximum atomic E-state index is 12.1. The van der Waals surface area contributed by atoms with Gasteiger partial charge in [0.05, 0.1) is 17.8 Å². The van der Waals surface area contributed by atoms with E-state index < -0.39 is 11.8 Å². The molecule has 0 unspecified atom stereocenters. The van der Waals surface area contributed by atoms with Gasteiger partial charge in [-0.15, -0.1) is 0 Å². The Labute approximate surface area is 192 Å². The first-order valence-electron chi connectivity index (χ1n) is 10.3. The van der Waals surface area contributed by atoms with Gasteiger partial charge in [-0.3, -0.25) is 9.59 Å². The van der Waals surface area contributed by atoms with Crippen molar-refractivity contribution in [1.29, 1.82) is 5.26 Å². The molecule has 0 saturated carbocycles. The van der Waals surface area contributed by atoms with E-state index in [0.29, 0.717) is 17.0 Å². The third-order valence-electron chi connectivity index (χ3n) is 4.79. The molecule has 0 radical (unpaired) electrons. The van der Waals surface area contributed by atoms with E-state index in [-0.39, 0.29) is 13.0 Å². The number of nitrogens with zero attached hydrogens (tertiary/aromatic N) is 2. The average molecular weight is 441 g/mol. The van der Waals surface area contributed by atoms with Gasteiger partial charge in [0.15, 0.2) is 0 Å². The van der Waals surface area contributed by atoms with Crippen LogP contribution in [0.25, 0.3) is 0 Å². The minimum Gasteiger partial charge on any atom is -0.489 e. The van der Waals surface area contributed by atoms with Crippen LogP contribution in [-0.2, 0) is 16.2 Å². The maximum absolute atomic E-state index is 12.1. The molecule has 0 aliphatic heterocycles. The smallest absolute Gasteiger partial charge is 0.249 e. The van der Waals surface area contributed by atoms with Crippen molar-refractivity contribution in [1.82, 2.24) is 5.43 Å². The van der Waals surface area contributed by atoms with Gasteiger partial charge >= 0.3 is 0 Å². The lowest BCUT2D eigenvalue weighted by Gasteiger charge is -2.08. The third kappa shape index (κ3) is 7.04. The fourth-order valence-corrected chi connectivity index (χ4v) is 3.08. The molecule has 0 aromatic heterocycles. The van der Waals surface area contributed by atoms with Gasteiger partial charge < -0.3 is 10.1 Å². The molecule has 3 aromatic rings. The first-order chi connectivity index (χ1) is 15.9. The number of ether oxygens (including phenoxy) is 1. The number of hydrogen-bond acceptors (Lipinski definition) is 5. The number of anilines is 1. The zero-order valence-corrected chi connectivity index (χ0v) is 18.5. The van der Waals surface area contributed by atoms with Crippen LogP contribution in [0.15, 0.2) is 71.8 Å². The Balaban J connectivity index is 1.45. The topological polar surface area (TPSA) is 104 Å². The highest BCUT2D eigenvalue weighted by Gasteiger charge is 2.10. The summed E-state index contributed by atoms with van der Waals surface area (Å²) in [5, 5.41) is 15.8. The van der Waals surface area contributed by atoms with E-state index in [4.69, 9.17) is 10.00 Å². The lowest BCUT2D eigenvalue weighted by molar-refractivity contribution is -0.126. The summed E-state index contributed by atoms with van der Waals surface area (Å²) < 4.78 is 5.73. The van der Waals surface area contributed by atoms with Gasteiger partial charge in [-0.25, -0.2) is 5.43 Å². The van der Waals surface area contributed by atoms with Crippen LogP contribution in [-0.4, -0.2) is 18.0 Å². The molecule has 7 nitrogen and oxygen atoms in total. The highest BCUT2D eigenvalue weighted by atomic mass is 16.5. The maximum Gasteiger partial charge on any atom is 0.249 e. The Morgan fingerprint density at radius 1 is 1.03 bits per heavy atom. The Bertz CT molecular complexity index is 1210. The predicted molar refractivity (Wildman–Crippen MR) is 127 cm³/mol. The number of amides is 2. The average Bonchev–Trinajstić information content (AvgIpc) is 2.80. The van der Waals surface area contributed by atoms with Crippen LogP contribution in [0.3, 0.4) is 0 Å². The highest BCUT2D eigenvalue weighted by Crippen LogP contribution is 2.17. The zero-order valence-electron chi connectivity index (χ0n) is 18.5. The van der Waals surface area contributed by atoms with Crippen molar-refractivity contribution in [3.05, 3.63) is 94.5 Å². The van der Waals surface area contributed by atoms with Crippen molar-refractivity contribution in [2.45, 2.75) is 26.9 Å². The minimum absolute atomic E-state index is 0.289. The Morgan fingerprint density at radius 2 is 1.79 bits per heavy atom. The largest absolute Gasteiger partial charge is 0.489 e. The number of hydrogen-bond donors (Lipinski definition) is 2. The summed E-state index contributed by atoms with van der Waals surface area (Å²) in [7, 11) is 0. The highest BCUT2D eigenvalue weighted by molar-refractivity contribution is 6.04. The first kappa shape index (κ1) is 23.2. The van der Waals surface area contributed by atoms with Gasteiger partial charge in [0.2, 0.25) is 11.8 Å². The number of nitriles is 1. The fraction of sp³-hybridized carbons (Fsp3) is 0.154. The molecule has 33 heavy (non-hydrogen) atoms. The van der Waals surface area contributed by atoms with E-state index in [1.807, 2.05) is 50.2 Å². The number of carbonyl (C=O) groups is 2. The molecule has 0 atom stereocenters. The van der Waals surface area contributed by atoms with E-state index in [0.717, 1.165) is 22.3 Å². The lowest BCUT2D eigenvalue weighted by atomic mass is 10.1. The molecule has 0 heterocycles. The predicted octanol–water partition coefficient (Wildman–Crippen LogP) is 4.23. The second kappa shape index (κ2) is 11.3. The molecule has 0 spiro atoms. The minimum atomic E-state index is -0.510. The van der Waals surface area contributed by atoms with Crippen LogP contribution < -0.4 is 15.5 Å². The fourth-order valence-electron chi connectivity index (χ4n) is 3.08. The van der Waals surface area contributed by atoms with Crippen LogP contribution in [0.2, 0.25) is 0 Å². The van der Waals surface area contributed by atoms with Gasteiger partial charge in [-0.1, -0.05) is 35.9 Å². The number of carbonyl (C=O) groups excluding carboxylic acids is 2. The van der Waals surface area contributed by atoms with Crippen LogP contribution in [0.4, 0.5) is 5.69 Å². The van der Waals surface area contributed by atoms with Crippen LogP contribution in [0, 0.1) is 25.2 Å². The number of aryl methyl sites for hydroxylation is 2. The van der Waals surface area contributed by atoms with Crippen LogP contribution >= 0.6 is 0 Å². The van der Waals surface area contributed by atoms with Crippen molar-refractivity contribution in [2.24, 2.45) is 5.10 Å². The first-order valence-corrected chi connectivity index (χ1v) is 10.3. The number of benzene rings is 3. The van der Waals surface area contributed by atoms with Crippen molar-refractivity contribution in [2.75, 3.05) is 5.32 Å². The molecule has 166 valence electrons. The van der Waals surface area contributed by atoms with E-state index in [2.05, 4.69) is 21.9 Å². The monoisotopic (exact) mass is 440 g/mol. The summed E-state index contributed by atoms with van der Waals surface area (Å²) in [6, 6.07) is 22.2. The SMILES string of the molecule is Cc1ccc(NC(=O)CC(=O)NN=Cc2ccc(OCc3ccccc3C#N)cc2)c(C)c1. The molecule has 0 saturated heterocycles.